The molecule has 13 heavy (non-hydrogen) atoms. The average Bonchev–Trinajstić information content (AvgIpc) is 2.19. The highest BCUT2D eigenvalue weighted by molar-refractivity contribution is 4.90. The highest BCUT2D eigenvalue weighted by Gasteiger charge is 2.39. The summed E-state index contributed by atoms with van der Waals surface area (Å²) in [4.78, 5) is 0. The van der Waals surface area contributed by atoms with Gasteiger partial charge in [0.25, 0.3) is 0 Å². The summed E-state index contributed by atoms with van der Waals surface area (Å²) in [6.45, 7) is 0. The maximum absolute atomic E-state index is 5.53. The minimum absolute atomic E-state index is 0.460. The molecule has 0 saturated heterocycles. The van der Waals surface area contributed by atoms with Crippen LogP contribution >= 0.6 is 0 Å². The molecule has 0 amide bonds. The van der Waals surface area contributed by atoms with Gasteiger partial charge in [-0.05, 0) is 31.1 Å². The van der Waals surface area contributed by atoms with Crippen molar-refractivity contribution in [1.82, 2.24) is 0 Å². The van der Waals surface area contributed by atoms with Gasteiger partial charge in [-0.3, -0.25) is 0 Å². The van der Waals surface area contributed by atoms with Crippen LogP contribution in [-0.2, 0) is 9.47 Å². The normalized spacial score (nSPS) is 44.8. The molecule has 4 unspecified atom stereocenters. The van der Waals surface area contributed by atoms with Crippen LogP contribution in [0, 0.1) is 11.8 Å². The molecule has 2 bridgehead atoms. The molecule has 2 aliphatic carbocycles. The number of hydrogen-bond donors (Lipinski definition) is 0. The van der Waals surface area contributed by atoms with Gasteiger partial charge in [-0.15, -0.1) is 0 Å². The van der Waals surface area contributed by atoms with Crippen LogP contribution < -0.4 is 0 Å². The van der Waals surface area contributed by atoms with Crippen molar-refractivity contribution in [2.45, 2.75) is 44.3 Å². The van der Waals surface area contributed by atoms with Crippen LogP contribution in [0.4, 0.5) is 0 Å². The average molecular weight is 184 g/mol. The second-order valence-corrected chi connectivity index (χ2v) is 4.47. The minimum atomic E-state index is 0.460. The van der Waals surface area contributed by atoms with Gasteiger partial charge in [0.1, 0.15) is 0 Å². The van der Waals surface area contributed by atoms with Gasteiger partial charge in [-0.1, -0.05) is 6.42 Å². The molecule has 0 spiro atoms. The van der Waals surface area contributed by atoms with Gasteiger partial charge >= 0.3 is 0 Å². The number of rotatable bonds is 2. The summed E-state index contributed by atoms with van der Waals surface area (Å²) >= 11 is 0. The molecule has 2 saturated carbocycles. The molecule has 0 radical (unpaired) electrons. The first-order chi connectivity index (χ1) is 6.35. The van der Waals surface area contributed by atoms with E-state index in [-0.39, 0.29) is 0 Å². The van der Waals surface area contributed by atoms with Gasteiger partial charge in [0.15, 0.2) is 0 Å². The summed E-state index contributed by atoms with van der Waals surface area (Å²) in [5, 5.41) is 0. The van der Waals surface area contributed by atoms with Crippen LogP contribution in [-0.4, -0.2) is 26.4 Å². The molecule has 2 rings (SSSR count). The minimum Gasteiger partial charge on any atom is -0.381 e. The van der Waals surface area contributed by atoms with E-state index in [0.717, 1.165) is 18.3 Å². The largest absolute Gasteiger partial charge is 0.381 e. The van der Waals surface area contributed by atoms with E-state index < -0.39 is 0 Å². The molecule has 2 heteroatoms. The lowest BCUT2D eigenvalue weighted by atomic mass is 9.69. The van der Waals surface area contributed by atoms with E-state index in [9.17, 15) is 0 Å². The smallest absolute Gasteiger partial charge is 0.0624 e. The zero-order valence-corrected chi connectivity index (χ0v) is 8.66. The van der Waals surface area contributed by atoms with E-state index in [1.54, 1.807) is 0 Å². The molecule has 2 aliphatic rings. The third-order valence-electron chi connectivity index (χ3n) is 3.88. The number of fused-ring (bicyclic) bond motifs is 2. The van der Waals surface area contributed by atoms with E-state index in [0.29, 0.717) is 12.2 Å². The molecule has 0 aliphatic heterocycles. The van der Waals surface area contributed by atoms with Crippen molar-refractivity contribution in [1.29, 1.82) is 0 Å². The third kappa shape index (κ3) is 1.75. The van der Waals surface area contributed by atoms with Crippen molar-refractivity contribution in [2.75, 3.05) is 14.2 Å². The Labute approximate surface area is 80.6 Å². The Kier molecular flexibility index (Phi) is 2.89. The van der Waals surface area contributed by atoms with Crippen LogP contribution in [0.3, 0.4) is 0 Å². The number of methoxy groups -OCH3 is 2. The summed E-state index contributed by atoms with van der Waals surface area (Å²) < 4.78 is 11.1. The zero-order chi connectivity index (χ0) is 9.26. The molecule has 76 valence electrons. The molecular weight excluding hydrogens is 164 g/mol. The standard InChI is InChI=1S/C11H20O2/c1-12-10-7-11(13-2)9-5-3-4-8(10)6-9/h8-11H,3-7H2,1-2H3. The summed E-state index contributed by atoms with van der Waals surface area (Å²) in [7, 11) is 3.68. The Hall–Kier alpha value is -0.0800. The fourth-order valence-electron chi connectivity index (χ4n) is 3.13. The highest BCUT2D eigenvalue weighted by atomic mass is 16.5. The topological polar surface area (TPSA) is 18.5 Å². The Balaban J connectivity index is 2.03. The lowest BCUT2D eigenvalue weighted by Crippen LogP contribution is -2.42. The van der Waals surface area contributed by atoms with E-state index in [2.05, 4.69) is 0 Å². The molecule has 0 heterocycles. The van der Waals surface area contributed by atoms with Crippen molar-refractivity contribution in [3.63, 3.8) is 0 Å². The van der Waals surface area contributed by atoms with Crippen molar-refractivity contribution in [3.05, 3.63) is 0 Å². The first-order valence-corrected chi connectivity index (χ1v) is 5.40. The first-order valence-electron chi connectivity index (χ1n) is 5.40. The van der Waals surface area contributed by atoms with Gasteiger partial charge in [-0.25, -0.2) is 0 Å². The monoisotopic (exact) mass is 184 g/mol. The van der Waals surface area contributed by atoms with Gasteiger partial charge in [-0.2, -0.15) is 0 Å². The lowest BCUT2D eigenvalue weighted by Gasteiger charge is -2.43. The summed E-state index contributed by atoms with van der Waals surface area (Å²) in [6, 6.07) is 0. The molecule has 0 aromatic heterocycles. The molecule has 2 fully saturated rings. The summed E-state index contributed by atoms with van der Waals surface area (Å²) in [5.41, 5.74) is 0. The molecule has 4 atom stereocenters. The Bertz CT molecular complexity index is 153. The van der Waals surface area contributed by atoms with E-state index in [1.807, 2.05) is 14.2 Å². The van der Waals surface area contributed by atoms with Gasteiger partial charge in [0, 0.05) is 20.6 Å². The summed E-state index contributed by atoms with van der Waals surface area (Å²) in [6.07, 6.45) is 7.47. The molecule has 0 aromatic rings. The Morgan fingerprint density at radius 1 is 0.846 bits per heavy atom. The second-order valence-electron chi connectivity index (χ2n) is 4.47. The molecular formula is C11H20O2. The highest BCUT2D eigenvalue weighted by Crippen LogP contribution is 2.42. The Morgan fingerprint density at radius 3 is 1.85 bits per heavy atom. The Morgan fingerprint density at radius 2 is 1.38 bits per heavy atom. The second kappa shape index (κ2) is 3.97. The first kappa shape index (κ1) is 9.47. The predicted octanol–water partition coefficient (Wildman–Crippen LogP) is 2.23. The number of hydrogen-bond acceptors (Lipinski definition) is 2. The fraction of sp³-hybridized carbons (Fsp3) is 1.00. The van der Waals surface area contributed by atoms with Crippen molar-refractivity contribution in [3.8, 4) is 0 Å². The maximum Gasteiger partial charge on any atom is 0.0624 e. The number of ether oxygens (including phenoxy) is 2. The van der Waals surface area contributed by atoms with Crippen LogP contribution in [0.2, 0.25) is 0 Å². The maximum atomic E-state index is 5.53. The predicted molar refractivity (Wildman–Crippen MR) is 51.7 cm³/mol. The SMILES string of the molecule is COC1CC(OC)C2CCCC1C2. The molecule has 0 N–H and O–H groups in total. The van der Waals surface area contributed by atoms with Gasteiger partial charge < -0.3 is 9.47 Å². The fourth-order valence-corrected chi connectivity index (χ4v) is 3.13. The van der Waals surface area contributed by atoms with Crippen LogP contribution in [0.25, 0.3) is 0 Å². The van der Waals surface area contributed by atoms with Crippen molar-refractivity contribution >= 4 is 0 Å². The molecule has 0 aromatic carbocycles. The quantitative estimate of drug-likeness (QED) is 0.655. The van der Waals surface area contributed by atoms with E-state index >= 15 is 0 Å². The molecule has 2 nitrogen and oxygen atoms in total. The van der Waals surface area contributed by atoms with Gasteiger partial charge in [0.05, 0.1) is 12.2 Å². The van der Waals surface area contributed by atoms with Crippen LogP contribution in [0.15, 0.2) is 0 Å². The van der Waals surface area contributed by atoms with Crippen molar-refractivity contribution in [2.24, 2.45) is 11.8 Å². The third-order valence-corrected chi connectivity index (χ3v) is 3.88. The van der Waals surface area contributed by atoms with Crippen LogP contribution in [0.5, 0.6) is 0 Å². The van der Waals surface area contributed by atoms with Crippen LogP contribution in [0.1, 0.15) is 32.1 Å². The van der Waals surface area contributed by atoms with E-state index in [1.165, 1.54) is 25.7 Å². The zero-order valence-electron chi connectivity index (χ0n) is 8.66. The van der Waals surface area contributed by atoms with Crippen molar-refractivity contribution < 1.29 is 9.47 Å². The van der Waals surface area contributed by atoms with Gasteiger partial charge in [0.2, 0.25) is 0 Å². The lowest BCUT2D eigenvalue weighted by molar-refractivity contribution is -0.0879. The van der Waals surface area contributed by atoms with E-state index in [4.69, 9.17) is 9.47 Å². The summed E-state index contributed by atoms with van der Waals surface area (Å²) in [5.74, 6) is 1.63.